The van der Waals surface area contributed by atoms with Crippen LogP contribution in [0.15, 0.2) is 103 Å². The molecule has 0 atom stereocenters. The van der Waals surface area contributed by atoms with Crippen LogP contribution in [0.4, 0.5) is 0 Å². The predicted octanol–water partition coefficient (Wildman–Crippen LogP) is 7.97. The Morgan fingerprint density at radius 2 is 1.32 bits per heavy atom. The van der Waals surface area contributed by atoms with E-state index in [4.69, 9.17) is 0 Å². The number of hydrogen-bond donors (Lipinski definition) is 0. The second-order valence-corrected chi connectivity index (χ2v) is 17.8. The van der Waals surface area contributed by atoms with Crippen molar-refractivity contribution < 1.29 is 0 Å². The van der Waals surface area contributed by atoms with Crippen LogP contribution in [-0.2, 0) is 0 Å². The van der Waals surface area contributed by atoms with Crippen molar-refractivity contribution in [1.82, 2.24) is 0 Å². The number of aryl methyl sites for hydroxylation is 1. The number of hydrogen-bond acceptors (Lipinski definition) is 0. The molecule has 37 heavy (non-hydrogen) atoms. The maximum absolute atomic E-state index is 2.55. The molecule has 5 rings (SSSR count). The predicted molar refractivity (Wildman–Crippen MR) is 171 cm³/mol. The average molecular weight is 505 g/mol. The molecule has 0 bridgehead atoms. The van der Waals surface area contributed by atoms with Gasteiger partial charge in [-0.2, -0.15) is 0 Å². The molecule has 0 heterocycles. The van der Waals surface area contributed by atoms with Crippen LogP contribution in [0.1, 0.15) is 43.2 Å². The summed E-state index contributed by atoms with van der Waals surface area (Å²) in [5, 5.41) is 2.66. The molecule has 190 valence electrons. The van der Waals surface area contributed by atoms with Crippen LogP contribution >= 0.6 is 7.26 Å². The number of benzene rings is 4. The molecule has 0 aromatic heterocycles. The van der Waals surface area contributed by atoms with Crippen LogP contribution < -0.4 is 10.9 Å². The van der Waals surface area contributed by atoms with E-state index in [1.807, 2.05) is 0 Å². The zero-order valence-electron chi connectivity index (χ0n) is 23.1. The molecule has 0 amide bonds. The van der Waals surface area contributed by atoms with Crippen molar-refractivity contribution in [3.63, 3.8) is 0 Å². The fourth-order valence-corrected chi connectivity index (χ4v) is 7.93. The van der Waals surface area contributed by atoms with Gasteiger partial charge in [-0.15, -0.1) is 0 Å². The van der Waals surface area contributed by atoms with Crippen molar-refractivity contribution in [2.45, 2.75) is 39.0 Å². The van der Waals surface area contributed by atoms with Crippen LogP contribution in [0.3, 0.4) is 0 Å². The Morgan fingerprint density at radius 3 is 2.00 bits per heavy atom. The Kier molecular flexibility index (Phi) is 8.02. The molecule has 2 heteroatoms. The summed E-state index contributed by atoms with van der Waals surface area (Å²) in [6.45, 7) is 10.1. The monoisotopic (exact) mass is 504 g/mol. The minimum atomic E-state index is -1.37. The third-order valence-corrected chi connectivity index (χ3v) is 9.50. The summed E-state index contributed by atoms with van der Waals surface area (Å²) in [6, 6.07) is 36.7. The fraction of sp³-hybridized carbons (Fsp3) is 0.314. The van der Waals surface area contributed by atoms with E-state index in [0.717, 1.165) is 0 Å². The quantitative estimate of drug-likeness (QED) is 0.177. The van der Waals surface area contributed by atoms with Gasteiger partial charge in [0.05, 0.1) is 0 Å². The topological polar surface area (TPSA) is 0 Å². The average Bonchev–Trinajstić information content (AvgIpc) is 2.91. The molecule has 4 aromatic carbocycles. The van der Waals surface area contributed by atoms with E-state index in [1.54, 1.807) is 11.0 Å². The second kappa shape index (κ2) is 11.4. The van der Waals surface area contributed by atoms with Gasteiger partial charge in [-0.25, -0.2) is 0 Å². The van der Waals surface area contributed by atoms with Gasteiger partial charge in [0.2, 0.25) is 0 Å². The molecule has 1 saturated carbocycles. The van der Waals surface area contributed by atoms with E-state index in [1.165, 1.54) is 71.1 Å². The van der Waals surface area contributed by atoms with Crippen molar-refractivity contribution in [1.29, 1.82) is 0 Å². The first-order valence-corrected chi connectivity index (χ1v) is 17.9. The van der Waals surface area contributed by atoms with Crippen molar-refractivity contribution in [3.05, 3.63) is 114 Å². The van der Waals surface area contributed by atoms with Gasteiger partial charge in [-0.3, -0.25) is 0 Å². The van der Waals surface area contributed by atoms with Gasteiger partial charge in [0.15, 0.2) is 0 Å². The third kappa shape index (κ3) is 6.27. The van der Waals surface area contributed by atoms with Crippen molar-refractivity contribution in [2.75, 3.05) is 26.2 Å². The van der Waals surface area contributed by atoms with Crippen LogP contribution in [0, 0.1) is 12.8 Å². The first kappa shape index (κ1) is 26.0. The molecule has 0 unspecified atom stereocenters. The number of rotatable bonds is 7. The summed E-state index contributed by atoms with van der Waals surface area (Å²) in [5.74, 6) is 0.693. The van der Waals surface area contributed by atoms with Gasteiger partial charge in [-0.1, -0.05) is 0 Å². The maximum atomic E-state index is 2.55. The Bertz CT molecular complexity index is 1360. The van der Waals surface area contributed by atoms with E-state index < -0.39 is 7.26 Å². The molecule has 0 spiro atoms. The van der Waals surface area contributed by atoms with Gasteiger partial charge in [0.1, 0.15) is 0 Å². The summed E-state index contributed by atoms with van der Waals surface area (Å²) in [7, 11) is -1.37. The summed E-state index contributed by atoms with van der Waals surface area (Å²) < 4.78 is 0. The molecular formula is C35H42BP. The van der Waals surface area contributed by atoms with Gasteiger partial charge in [0, 0.05) is 0 Å². The molecule has 0 aliphatic heterocycles. The Hall–Kier alpha value is -2.63. The standard InChI is InChI=1S/C35H42BP/c1-27-19-23-33(24-20-27)36(32-17-9-6-10-18-32)35(31-22-21-28-13-11-12-16-30(28)25-31)34(26-37(2,3)4)29-14-7-5-8-15-29/h6,9-13,16-25,29,37H,5,7-8,14-15,26H2,1-4H3/b35-34+. The molecule has 0 saturated heterocycles. The molecule has 1 aliphatic carbocycles. The molecule has 1 aliphatic rings. The number of allylic oxidation sites excluding steroid dienone is 1. The Balaban J connectivity index is 1.82. The molecule has 0 N–H and O–H groups in total. The normalized spacial score (nSPS) is 15.9. The zero-order chi connectivity index (χ0) is 25.8. The van der Waals surface area contributed by atoms with Gasteiger partial charge in [0.25, 0.3) is 0 Å². The van der Waals surface area contributed by atoms with Crippen LogP contribution in [0.25, 0.3) is 16.2 Å². The molecule has 0 radical (unpaired) electrons. The Labute approximate surface area is 225 Å². The van der Waals surface area contributed by atoms with E-state index in [2.05, 4.69) is 124 Å². The van der Waals surface area contributed by atoms with E-state index >= 15 is 0 Å². The molecule has 1 fully saturated rings. The van der Waals surface area contributed by atoms with Gasteiger partial charge in [-0.05, 0) is 0 Å². The first-order valence-electron chi connectivity index (χ1n) is 14.2. The zero-order valence-corrected chi connectivity index (χ0v) is 24.1. The van der Waals surface area contributed by atoms with Crippen molar-refractivity contribution >= 4 is 41.1 Å². The van der Waals surface area contributed by atoms with Crippen LogP contribution in [-0.4, -0.2) is 32.9 Å². The Morgan fingerprint density at radius 1 is 0.703 bits per heavy atom. The fourth-order valence-electron chi connectivity index (χ4n) is 6.31. The van der Waals surface area contributed by atoms with Crippen LogP contribution in [0.5, 0.6) is 0 Å². The second-order valence-electron chi connectivity index (χ2n) is 12.3. The van der Waals surface area contributed by atoms with Crippen LogP contribution in [0.2, 0.25) is 0 Å². The minimum absolute atomic E-state index is 0.233. The number of fused-ring (bicyclic) bond motifs is 1. The summed E-state index contributed by atoms with van der Waals surface area (Å²) in [4.78, 5) is 0. The molecule has 4 aromatic rings. The first-order chi connectivity index (χ1) is 17.9. The molecule has 0 nitrogen and oxygen atoms in total. The summed E-state index contributed by atoms with van der Waals surface area (Å²) >= 11 is 0. The molecular weight excluding hydrogens is 462 g/mol. The van der Waals surface area contributed by atoms with E-state index in [0.29, 0.717) is 5.92 Å². The van der Waals surface area contributed by atoms with Crippen molar-refractivity contribution in [3.8, 4) is 0 Å². The van der Waals surface area contributed by atoms with Crippen molar-refractivity contribution in [2.24, 2.45) is 5.92 Å². The van der Waals surface area contributed by atoms with Gasteiger partial charge < -0.3 is 0 Å². The van der Waals surface area contributed by atoms with Gasteiger partial charge >= 0.3 is 226 Å². The van der Waals surface area contributed by atoms with E-state index in [9.17, 15) is 0 Å². The summed E-state index contributed by atoms with van der Waals surface area (Å²) in [6.07, 6.45) is 8.08. The third-order valence-electron chi connectivity index (χ3n) is 8.06. The van der Waals surface area contributed by atoms with E-state index in [-0.39, 0.29) is 6.71 Å². The SMILES string of the molecule is Cc1ccc(B(/C(=C(\C[PH](C)(C)C)C2CCCCC2)c2ccc3ccccc3c2)c2ccccc2)cc1. The summed E-state index contributed by atoms with van der Waals surface area (Å²) in [5.41, 5.74) is 8.87.